The number of carbonyl (C=O) groups excluding carboxylic acids is 1. The third-order valence-electron chi connectivity index (χ3n) is 4.16. The van der Waals surface area contributed by atoms with Crippen LogP contribution in [0, 0.1) is 13.8 Å². The van der Waals surface area contributed by atoms with Gasteiger partial charge in [-0.15, -0.1) is 5.10 Å². The van der Waals surface area contributed by atoms with Gasteiger partial charge >= 0.3 is 6.01 Å². The van der Waals surface area contributed by atoms with E-state index in [0.29, 0.717) is 11.5 Å². The number of aromatic nitrogens is 2. The van der Waals surface area contributed by atoms with E-state index in [9.17, 15) is 13.2 Å². The summed E-state index contributed by atoms with van der Waals surface area (Å²) in [5.41, 5.74) is 3.50. The Balaban J connectivity index is 1.58. The maximum absolute atomic E-state index is 12.2. The number of carbonyl (C=O) groups is 1. The normalized spacial score (nSPS) is 11.4. The Morgan fingerprint density at radius 3 is 2.57 bits per heavy atom. The van der Waals surface area contributed by atoms with Crippen molar-refractivity contribution in [1.82, 2.24) is 10.2 Å². The maximum atomic E-state index is 12.2. The fraction of sp³-hybridized carbons (Fsp3) is 0.250. The quantitative estimate of drug-likeness (QED) is 0.654. The standard InChI is InChI=1S/C20H21N3O4S/c1-14-8-9-15(2)17(12-14)19-22-23-20(27-19)21-18(24)10-11-28(25,26)13-16-6-4-3-5-7-16/h3-9,12H,10-11,13H2,1-2H3,(H,21,23,24). The van der Waals surface area contributed by atoms with Gasteiger partial charge in [0.05, 0.1) is 11.5 Å². The summed E-state index contributed by atoms with van der Waals surface area (Å²) in [6.07, 6.45) is -0.184. The fourth-order valence-electron chi connectivity index (χ4n) is 2.68. The van der Waals surface area contributed by atoms with Gasteiger partial charge in [0.2, 0.25) is 11.8 Å². The fourth-order valence-corrected chi connectivity index (χ4v) is 4.02. The highest BCUT2D eigenvalue weighted by Gasteiger charge is 2.17. The van der Waals surface area contributed by atoms with E-state index >= 15 is 0 Å². The first kappa shape index (κ1) is 19.8. The number of amides is 1. The topological polar surface area (TPSA) is 102 Å². The van der Waals surface area contributed by atoms with Crippen LogP contribution in [0.4, 0.5) is 6.01 Å². The molecule has 0 saturated carbocycles. The van der Waals surface area contributed by atoms with Crippen LogP contribution >= 0.6 is 0 Å². The van der Waals surface area contributed by atoms with Crippen LogP contribution in [-0.4, -0.2) is 30.3 Å². The molecule has 1 heterocycles. The molecule has 146 valence electrons. The average Bonchev–Trinajstić information content (AvgIpc) is 3.11. The lowest BCUT2D eigenvalue weighted by molar-refractivity contribution is -0.115. The zero-order valence-corrected chi connectivity index (χ0v) is 16.5. The van der Waals surface area contributed by atoms with Crippen LogP contribution in [0.1, 0.15) is 23.1 Å². The van der Waals surface area contributed by atoms with Crippen molar-refractivity contribution in [3.05, 3.63) is 65.2 Å². The van der Waals surface area contributed by atoms with Crippen molar-refractivity contribution in [2.45, 2.75) is 26.0 Å². The van der Waals surface area contributed by atoms with Gasteiger partial charge in [0, 0.05) is 12.0 Å². The molecule has 7 nitrogen and oxygen atoms in total. The number of anilines is 1. The molecule has 1 N–H and O–H groups in total. The molecule has 0 fully saturated rings. The van der Waals surface area contributed by atoms with Crippen molar-refractivity contribution in [2.75, 3.05) is 11.1 Å². The molecule has 1 aromatic heterocycles. The molecule has 0 bridgehead atoms. The smallest absolute Gasteiger partial charge is 0.322 e. The van der Waals surface area contributed by atoms with E-state index in [0.717, 1.165) is 16.7 Å². The largest absolute Gasteiger partial charge is 0.403 e. The van der Waals surface area contributed by atoms with E-state index in [4.69, 9.17) is 4.42 Å². The molecule has 0 aliphatic carbocycles. The van der Waals surface area contributed by atoms with Crippen LogP contribution in [-0.2, 0) is 20.4 Å². The van der Waals surface area contributed by atoms with Crippen LogP contribution in [0.25, 0.3) is 11.5 Å². The van der Waals surface area contributed by atoms with Crippen LogP contribution in [0.2, 0.25) is 0 Å². The first-order chi connectivity index (χ1) is 13.3. The lowest BCUT2D eigenvalue weighted by Crippen LogP contribution is -2.18. The van der Waals surface area contributed by atoms with Crippen LogP contribution < -0.4 is 5.32 Å². The molecular weight excluding hydrogens is 378 g/mol. The predicted molar refractivity (Wildman–Crippen MR) is 106 cm³/mol. The number of hydrogen-bond donors (Lipinski definition) is 1. The third kappa shape index (κ3) is 5.26. The first-order valence-corrected chi connectivity index (χ1v) is 10.6. The molecule has 2 aromatic carbocycles. The van der Waals surface area contributed by atoms with Gasteiger partial charge in [-0.25, -0.2) is 8.42 Å². The van der Waals surface area contributed by atoms with Gasteiger partial charge in [-0.3, -0.25) is 10.1 Å². The average molecular weight is 399 g/mol. The van der Waals surface area contributed by atoms with Crippen molar-refractivity contribution >= 4 is 21.8 Å². The van der Waals surface area contributed by atoms with Gasteiger partial charge < -0.3 is 4.42 Å². The Kier molecular flexibility index (Phi) is 5.89. The minimum Gasteiger partial charge on any atom is -0.403 e. The number of benzene rings is 2. The number of aryl methyl sites for hydroxylation is 2. The second-order valence-electron chi connectivity index (χ2n) is 6.61. The van der Waals surface area contributed by atoms with Crippen molar-refractivity contribution in [3.63, 3.8) is 0 Å². The van der Waals surface area contributed by atoms with Crippen molar-refractivity contribution in [1.29, 1.82) is 0 Å². The van der Waals surface area contributed by atoms with Gasteiger partial charge in [0.1, 0.15) is 0 Å². The lowest BCUT2D eigenvalue weighted by atomic mass is 10.1. The van der Waals surface area contributed by atoms with E-state index in [1.165, 1.54) is 0 Å². The van der Waals surface area contributed by atoms with E-state index in [1.807, 2.05) is 38.1 Å². The zero-order valence-electron chi connectivity index (χ0n) is 15.7. The summed E-state index contributed by atoms with van der Waals surface area (Å²) in [7, 11) is -3.40. The summed E-state index contributed by atoms with van der Waals surface area (Å²) in [5.74, 6) is -0.550. The molecule has 8 heteroatoms. The number of rotatable bonds is 7. The van der Waals surface area contributed by atoms with Gasteiger partial charge in [0.15, 0.2) is 9.84 Å². The summed E-state index contributed by atoms with van der Waals surface area (Å²) in [6, 6.07) is 14.7. The molecule has 0 atom stereocenters. The zero-order chi connectivity index (χ0) is 20.1. The Labute approximate surface area is 163 Å². The van der Waals surface area contributed by atoms with E-state index in [-0.39, 0.29) is 23.9 Å². The third-order valence-corrected chi connectivity index (χ3v) is 5.76. The van der Waals surface area contributed by atoms with Crippen molar-refractivity contribution in [2.24, 2.45) is 0 Å². The molecule has 3 aromatic rings. The molecular formula is C20H21N3O4S. The summed E-state index contributed by atoms with van der Waals surface area (Å²) >= 11 is 0. The number of sulfone groups is 1. The van der Waals surface area contributed by atoms with Crippen molar-refractivity contribution in [3.8, 4) is 11.5 Å². The van der Waals surface area contributed by atoms with E-state index in [1.54, 1.807) is 24.3 Å². The molecule has 0 radical (unpaired) electrons. The molecule has 28 heavy (non-hydrogen) atoms. The van der Waals surface area contributed by atoms with Gasteiger partial charge in [-0.2, -0.15) is 0 Å². The Morgan fingerprint density at radius 1 is 1.07 bits per heavy atom. The molecule has 0 unspecified atom stereocenters. The number of hydrogen-bond acceptors (Lipinski definition) is 6. The minimum atomic E-state index is -3.40. The van der Waals surface area contributed by atoms with Crippen molar-refractivity contribution < 1.29 is 17.6 Å². The van der Waals surface area contributed by atoms with Gasteiger partial charge in [-0.05, 0) is 31.0 Å². The SMILES string of the molecule is Cc1ccc(C)c(-c2nnc(NC(=O)CCS(=O)(=O)Cc3ccccc3)o2)c1. The second-order valence-corrected chi connectivity index (χ2v) is 8.79. The summed E-state index contributed by atoms with van der Waals surface area (Å²) < 4.78 is 29.9. The van der Waals surface area contributed by atoms with Crippen LogP contribution in [0.5, 0.6) is 0 Å². The van der Waals surface area contributed by atoms with Gasteiger partial charge in [-0.1, -0.05) is 53.1 Å². The molecule has 3 rings (SSSR count). The van der Waals surface area contributed by atoms with E-state index < -0.39 is 15.7 Å². The Morgan fingerprint density at radius 2 is 1.82 bits per heavy atom. The molecule has 0 aliphatic rings. The highest BCUT2D eigenvalue weighted by atomic mass is 32.2. The Hall–Kier alpha value is -3.00. The highest BCUT2D eigenvalue weighted by molar-refractivity contribution is 7.90. The maximum Gasteiger partial charge on any atom is 0.322 e. The molecule has 0 spiro atoms. The van der Waals surface area contributed by atoms with E-state index in [2.05, 4.69) is 15.5 Å². The molecule has 0 aliphatic heterocycles. The Bertz CT molecular complexity index is 1080. The monoisotopic (exact) mass is 399 g/mol. The minimum absolute atomic E-state index is 0.0543. The van der Waals surface area contributed by atoms with Crippen LogP contribution in [0.3, 0.4) is 0 Å². The van der Waals surface area contributed by atoms with Gasteiger partial charge in [0.25, 0.3) is 0 Å². The van der Waals surface area contributed by atoms with Crippen LogP contribution in [0.15, 0.2) is 52.9 Å². The summed E-state index contributed by atoms with van der Waals surface area (Å²) in [4.78, 5) is 12.1. The number of nitrogens with one attached hydrogen (secondary N) is 1. The molecule has 0 saturated heterocycles. The number of nitrogens with zero attached hydrogens (tertiary/aromatic N) is 2. The predicted octanol–water partition coefficient (Wildman–Crippen LogP) is 3.30. The summed E-state index contributed by atoms with van der Waals surface area (Å²) in [5, 5.41) is 10.2. The second kappa shape index (κ2) is 8.35. The highest BCUT2D eigenvalue weighted by Crippen LogP contribution is 2.24. The summed E-state index contributed by atoms with van der Waals surface area (Å²) in [6.45, 7) is 3.88. The lowest BCUT2D eigenvalue weighted by Gasteiger charge is -2.04. The molecule has 1 amide bonds. The first-order valence-electron chi connectivity index (χ1n) is 8.78.